The van der Waals surface area contributed by atoms with Crippen molar-refractivity contribution in [3.8, 4) is 0 Å². The lowest BCUT2D eigenvalue weighted by molar-refractivity contribution is -0.141. The van der Waals surface area contributed by atoms with Gasteiger partial charge >= 0.3 is 6.18 Å². The van der Waals surface area contributed by atoms with Crippen molar-refractivity contribution >= 4 is 16.8 Å². The molecule has 1 atom stereocenters. The Bertz CT molecular complexity index is 902. The summed E-state index contributed by atoms with van der Waals surface area (Å²) in [4.78, 5) is 19.0. The third-order valence-corrected chi connectivity index (χ3v) is 6.37. The quantitative estimate of drug-likeness (QED) is 0.728. The number of pyridine rings is 1. The molecule has 0 radical (unpaired) electrons. The van der Waals surface area contributed by atoms with E-state index in [0.29, 0.717) is 10.9 Å². The topological polar surface area (TPSA) is 45.2 Å². The fourth-order valence-electron chi connectivity index (χ4n) is 4.88. The number of alkyl halides is 3. The summed E-state index contributed by atoms with van der Waals surface area (Å²) in [6.07, 6.45) is -0.450. The molecule has 3 rings (SSSR count). The second-order valence-corrected chi connectivity index (χ2v) is 8.85. The van der Waals surface area contributed by atoms with E-state index in [4.69, 9.17) is 0 Å². The number of benzene rings is 1. The van der Waals surface area contributed by atoms with E-state index < -0.39 is 11.9 Å². The number of hydrogen-bond acceptors (Lipinski definition) is 3. The van der Waals surface area contributed by atoms with E-state index in [2.05, 4.69) is 29.0 Å². The van der Waals surface area contributed by atoms with Crippen LogP contribution in [0.2, 0.25) is 0 Å². The Labute approximate surface area is 175 Å². The van der Waals surface area contributed by atoms with E-state index >= 15 is 0 Å². The molecule has 1 aliphatic rings. The summed E-state index contributed by atoms with van der Waals surface area (Å²) in [7, 11) is 4.08. The van der Waals surface area contributed by atoms with Crippen molar-refractivity contribution in [2.24, 2.45) is 5.92 Å². The molecule has 1 aliphatic carbocycles. The SMILES string of the molecule is CC(C)C(NC(=O)Cc1cc(C(F)(F)F)nc2ccccc12)C1(N(C)C)CCCC1. The van der Waals surface area contributed by atoms with Crippen molar-refractivity contribution in [1.29, 1.82) is 0 Å². The molecule has 7 heteroatoms. The number of carbonyl (C=O) groups excluding carboxylic acids is 1. The number of para-hydroxylation sites is 1. The first kappa shape index (κ1) is 22.5. The van der Waals surface area contributed by atoms with Crippen LogP contribution in [-0.4, -0.2) is 41.5 Å². The molecule has 1 N–H and O–H groups in total. The zero-order valence-corrected chi connectivity index (χ0v) is 18.0. The van der Waals surface area contributed by atoms with Gasteiger partial charge in [0, 0.05) is 17.0 Å². The van der Waals surface area contributed by atoms with Gasteiger partial charge in [-0.2, -0.15) is 13.2 Å². The predicted molar refractivity (Wildman–Crippen MR) is 112 cm³/mol. The number of nitrogens with one attached hydrogen (secondary N) is 1. The van der Waals surface area contributed by atoms with Crippen LogP contribution in [0.25, 0.3) is 10.9 Å². The van der Waals surface area contributed by atoms with Gasteiger partial charge in [0.05, 0.1) is 11.9 Å². The Hall–Kier alpha value is -2.15. The zero-order chi connectivity index (χ0) is 22.1. The van der Waals surface area contributed by atoms with E-state index in [1.165, 1.54) is 0 Å². The van der Waals surface area contributed by atoms with E-state index in [0.717, 1.165) is 31.7 Å². The molecule has 1 heterocycles. The number of rotatable bonds is 6. The molecule has 0 bridgehead atoms. The van der Waals surface area contributed by atoms with Crippen LogP contribution in [0, 0.1) is 5.92 Å². The molecule has 0 spiro atoms. The smallest absolute Gasteiger partial charge is 0.351 e. The molecule has 1 unspecified atom stereocenters. The highest BCUT2D eigenvalue weighted by Crippen LogP contribution is 2.39. The molecule has 1 aromatic heterocycles. The molecular formula is C23H30F3N3O. The number of likely N-dealkylation sites (N-methyl/N-ethyl adjacent to an activating group) is 1. The van der Waals surface area contributed by atoms with Gasteiger partial charge in [-0.15, -0.1) is 0 Å². The average molecular weight is 422 g/mol. The maximum Gasteiger partial charge on any atom is 0.433 e. The highest BCUT2D eigenvalue weighted by atomic mass is 19.4. The van der Waals surface area contributed by atoms with E-state index in [1.54, 1.807) is 24.3 Å². The van der Waals surface area contributed by atoms with Gasteiger partial charge in [-0.3, -0.25) is 4.79 Å². The van der Waals surface area contributed by atoms with Crippen molar-refractivity contribution in [1.82, 2.24) is 15.2 Å². The highest BCUT2D eigenvalue weighted by Gasteiger charge is 2.45. The normalized spacial score (nSPS) is 17.6. The second kappa shape index (κ2) is 8.53. The molecule has 0 saturated heterocycles. The monoisotopic (exact) mass is 421 g/mol. The average Bonchev–Trinajstić information content (AvgIpc) is 3.16. The van der Waals surface area contributed by atoms with Crippen molar-refractivity contribution < 1.29 is 18.0 Å². The van der Waals surface area contributed by atoms with Crippen molar-refractivity contribution in [2.75, 3.05) is 14.1 Å². The molecule has 0 aliphatic heterocycles. The number of halogens is 3. The van der Waals surface area contributed by atoms with Crippen LogP contribution in [0.1, 0.15) is 50.8 Å². The Morgan fingerprint density at radius 1 is 1.20 bits per heavy atom. The molecule has 2 aromatic rings. The first-order chi connectivity index (χ1) is 14.0. The van der Waals surface area contributed by atoms with Crippen molar-refractivity contribution in [3.05, 3.63) is 41.6 Å². The van der Waals surface area contributed by atoms with E-state index in [1.807, 2.05) is 14.1 Å². The first-order valence-corrected chi connectivity index (χ1v) is 10.5. The van der Waals surface area contributed by atoms with Gasteiger partial charge < -0.3 is 10.2 Å². The van der Waals surface area contributed by atoms with Gasteiger partial charge in [0.25, 0.3) is 0 Å². The molecular weight excluding hydrogens is 391 g/mol. The van der Waals surface area contributed by atoms with Crippen LogP contribution in [0.15, 0.2) is 30.3 Å². The molecule has 30 heavy (non-hydrogen) atoms. The van der Waals surface area contributed by atoms with Crippen molar-refractivity contribution in [2.45, 2.75) is 63.7 Å². The third-order valence-electron chi connectivity index (χ3n) is 6.37. The number of hydrogen-bond donors (Lipinski definition) is 1. The summed E-state index contributed by atoms with van der Waals surface area (Å²) in [5, 5.41) is 3.74. The van der Waals surface area contributed by atoms with E-state index in [9.17, 15) is 18.0 Å². The molecule has 1 saturated carbocycles. The summed E-state index contributed by atoms with van der Waals surface area (Å²) < 4.78 is 40.0. The minimum atomic E-state index is -4.56. The molecule has 4 nitrogen and oxygen atoms in total. The minimum absolute atomic E-state index is 0.0716. The zero-order valence-electron chi connectivity index (χ0n) is 18.0. The van der Waals surface area contributed by atoms with E-state index in [-0.39, 0.29) is 35.3 Å². The Balaban J connectivity index is 1.90. The van der Waals surface area contributed by atoms with Gasteiger partial charge in [-0.05, 0) is 50.6 Å². The number of carbonyl (C=O) groups is 1. The summed E-state index contributed by atoms with van der Waals surface area (Å²) in [6, 6.07) is 7.58. The molecule has 164 valence electrons. The highest BCUT2D eigenvalue weighted by molar-refractivity contribution is 5.88. The Morgan fingerprint density at radius 3 is 2.40 bits per heavy atom. The van der Waals surface area contributed by atoms with Crippen LogP contribution in [-0.2, 0) is 17.4 Å². The van der Waals surface area contributed by atoms with Gasteiger partial charge in [0.2, 0.25) is 5.91 Å². The van der Waals surface area contributed by atoms with Crippen LogP contribution < -0.4 is 5.32 Å². The fourth-order valence-corrected chi connectivity index (χ4v) is 4.88. The van der Waals surface area contributed by atoms with Crippen LogP contribution in [0.5, 0.6) is 0 Å². The summed E-state index contributed by atoms with van der Waals surface area (Å²) in [6.45, 7) is 4.16. The third kappa shape index (κ3) is 4.46. The summed E-state index contributed by atoms with van der Waals surface area (Å²) in [5.41, 5.74) is -0.499. The lowest BCUT2D eigenvalue weighted by Crippen LogP contribution is -2.61. The molecule has 1 aromatic carbocycles. The number of aromatic nitrogens is 1. The largest absolute Gasteiger partial charge is 0.433 e. The first-order valence-electron chi connectivity index (χ1n) is 10.5. The van der Waals surface area contributed by atoms with Gasteiger partial charge in [0.1, 0.15) is 5.69 Å². The standard InChI is InChI=1S/C23H30F3N3O/c1-15(2)21(22(29(3)4)11-7-8-12-22)28-20(30)14-16-13-19(23(24,25)26)27-18-10-6-5-9-17(16)18/h5-6,9-10,13,15,21H,7-8,11-12,14H2,1-4H3,(H,28,30). The van der Waals surface area contributed by atoms with Crippen LogP contribution in [0.3, 0.4) is 0 Å². The van der Waals surface area contributed by atoms with Gasteiger partial charge in [0.15, 0.2) is 0 Å². The predicted octanol–water partition coefficient (Wildman–Crippen LogP) is 4.81. The minimum Gasteiger partial charge on any atom is -0.351 e. The number of amides is 1. The summed E-state index contributed by atoms with van der Waals surface area (Å²) >= 11 is 0. The lowest BCUT2D eigenvalue weighted by atomic mass is 9.80. The second-order valence-electron chi connectivity index (χ2n) is 8.85. The van der Waals surface area contributed by atoms with Crippen LogP contribution in [0.4, 0.5) is 13.2 Å². The maximum atomic E-state index is 13.3. The fraction of sp³-hybridized carbons (Fsp3) is 0.565. The molecule has 1 fully saturated rings. The van der Waals surface area contributed by atoms with Crippen molar-refractivity contribution in [3.63, 3.8) is 0 Å². The van der Waals surface area contributed by atoms with Gasteiger partial charge in [-0.25, -0.2) is 4.98 Å². The Kier molecular flexibility index (Phi) is 6.41. The van der Waals surface area contributed by atoms with Crippen LogP contribution >= 0.6 is 0 Å². The maximum absolute atomic E-state index is 13.3. The number of nitrogens with zero attached hydrogens (tertiary/aromatic N) is 2. The Morgan fingerprint density at radius 2 is 1.83 bits per heavy atom. The van der Waals surface area contributed by atoms with Gasteiger partial charge in [-0.1, -0.05) is 44.9 Å². The lowest BCUT2D eigenvalue weighted by Gasteiger charge is -2.45. The number of fused-ring (bicyclic) bond motifs is 1. The summed E-state index contributed by atoms with van der Waals surface area (Å²) in [5.74, 6) is -0.0549. The molecule has 1 amide bonds.